The molecule has 0 unspecified atom stereocenters. The molecular weight excluding hydrogens is 390 g/mol. The Kier molecular flexibility index (Phi) is 4.39. The quantitative estimate of drug-likeness (QED) is 0.252. The summed E-state index contributed by atoms with van der Waals surface area (Å²) in [6.45, 7) is 5.42. The largest absolute Gasteiger partial charge is 0.455 e. The van der Waals surface area contributed by atoms with Crippen molar-refractivity contribution in [3.63, 3.8) is 0 Å². The zero-order valence-electron chi connectivity index (χ0n) is 23.9. The molecule has 0 spiro atoms. The molecule has 4 aromatic rings. The molecule has 162 valence electrons. The number of rotatable bonds is 5. The van der Waals surface area contributed by atoms with Crippen molar-refractivity contribution in [2.24, 2.45) is 5.41 Å². The van der Waals surface area contributed by atoms with Gasteiger partial charge in [-0.1, -0.05) is 81.4 Å². The molecule has 32 heavy (non-hydrogen) atoms. The Bertz CT molecular complexity index is 1530. The molecule has 0 atom stereocenters. The number of hydrogen-bond donors (Lipinski definition) is 1. The van der Waals surface area contributed by atoms with Gasteiger partial charge in [-0.05, 0) is 65.5 Å². The summed E-state index contributed by atoms with van der Waals surface area (Å²) < 4.78 is 46.4. The number of para-hydroxylation sites is 1. The first-order chi connectivity index (χ1) is 17.2. The Morgan fingerprint density at radius 2 is 1.84 bits per heavy atom. The van der Waals surface area contributed by atoms with Gasteiger partial charge in [-0.15, -0.1) is 0 Å². The molecule has 1 aromatic heterocycles. The van der Waals surface area contributed by atoms with Gasteiger partial charge in [0.25, 0.3) is 0 Å². The molecule has 0 radical (unpaired) electrons. The maximum Gasteiger partial charge on any atom is 0.142 e. The van der Waals surface area contributed by atoms with Crippen LogP contribution in [-0.4, -0.2) is 6.21 Å². The van der Waals surface area contributed by atoms with Gasteiger partial charge in [0.2, 0.25) is 0 Å². The molecule has 0 aliphatic carbocycles. The second kappa shape index (κ2) is 8.63. The van der Waals surface area contributed by atoms with Crippen molar-refractivity contribution in [3.8, 4) is 0 Å². The Morgan fingerprint density at radius 1 is 1.06 bits per heavy atom. The third kappa shape index (κ3) is 4.60. The predicted octanol–water partition coefficient (Wildman–Crippen LogP) is 8.62. The van der Waals surface area contributed by atoms with Gasteiger partial charge in [-0.3, -0.25) is 0 Å². The molecule has 0 fully saturated rings. The second-order valence-electron chi connectivity index (χ2n) is 9.06. The van der Waals surface area contributed by atoms with E-state index in [-0.39, 0.29) is 5.56 Å². The summed E-state index contributed by atoms with van der Waals surface area (Å²) in [4.78, 5) is 0. The average Bonchev–Trinajstić information content (AvgIpc) is 3.20. The average molecular weight is 427 g/mol. The van der Waals surface area contributed by atoms with Crippen LogP contribution in [0, 0.1) is 17.7 Å². The summed E-state index contributed by atoms with van der Waals surface area (Å²) in [6.07, 6.45) is 3.44. The molecular formula is C30H31NO. The number of benzene rings is 3. The summed E-state index contributed by atoms with van der Waals surface area (Å²) in [5.74, 6) is 0. The molecule has 0 bridgehead atoms. The van der Waals surface area contributed by atoms with Gasteiger partial charge < -0.3 is 9.83 Å². The van der Waals surface area contributed by atoms with Crippen molar-refractivity contribution < 1.29 is 11.3 Å². The minimum Gasteiger partial charge on any atom is -0.455 e. The lowest BCUT2D eigenvalue weighted by molar-refractivity contribution is 0.411. The molecule has 0 aliphatic rings. The molecule has 1 N–H and O–H groups in total. The Hall–Kier alpha value is -3.39. The van der Waals surface area contributed by atoms with Crippen LogP contribution in [-0.2, 0) is 6.37 Å². The fraction of sp³-hybridized carbons (Fsp3) is 0.233. The van der Waals surface area contributed by atoms with E-state index >= 15 is 0 Å². The zero-order valence-corrected chi connectivity index (χ0v) is 18.9. The van der Waals surface area contributed by atoms with E-state index in [1.165, 1.54) is 6.21 Å². The third-order valence-corrected chi connectivity index (χ3v) is 5.30. The summed E-state index contributed by atoms with van der Waals surface area (Å²) in [5, 5.41) is 9.44. The molecule has 1 heterocycles. The van der Waals surface area contributed by atoms with Crippen molar-refractivity contribution >= 4 is 39.3 Å². The number of furan rings is 1. The van der Waals surface area contributed by atoms with Crippen LogP contribution in [0.4, 0.5) is 0 Å². The Balaban J connectivity index is 1.77. The van der Waals surface area contributed by atoms with Gasteiger partial charge in [-0.2, -0.15) is 0 Å². The number of hydrogen-bond acceptors (Lipinski definition) is 2. The van der Waals surface area contributed by atoms with Gasteiger partial charge in [0, 0.05) is 29.4 Å². The normalized spacial score (nSPS) is 16.3. The van der Waals surface area contributed by atoms with Crippen LogP contribution in [0.1, 0.15) is 56.8 Å². The van der Waals surface area contributed by atoms with Crippen molar-refractivity contribution in [1.29, 1.82) is 5.41 Å². The van der Waals surface area contributed by atoms with Crippen LogP contribution in [0.2, 0.25) is 0 Å². The van der Waals surface area contributed by atoms with Gasteiger partial charge in [0.15, 0.2) is 0 Å². The summed E-state index contributed by atoms with van der Waals surface area (Å²) in [5.41, 5.74) is 4.99. The van der Waals surface area contributed by atoms with E-state index in [9.17, 15) is 0 Å². The van der Waals surface area contributed by atoms with Crippen molar-refractivity contribution in [3.05, 3.63) is 95.1 Å². The lowest BCUT2D eigenvalue weighted by Crippen LogP contribution is -2.08. The van der Waals surface area contributed by atoms with Crippen LogP contribution < -0.4 is 0 Å². The number of fused-ring (bicyclic) bond motifs is 3. The van der Waals surface area contributed by atoms with Crippen LogP contribution in [0.5, 0.6) is 0 Å². The first kappa shape index (κ1) is 16.3. The highest BCUT2D eigenvalue weighted by Gasteiger charge is 2.13. The molecule has 0 aliphatic heterocycles. The third-order valence-electron chi connectivity index (χ3n) is 5.30. The zero-order chi connectivity index (χ0) is 27.2. The molecule has 0 amide bonds. The fourth-order valence-corrected chi connectivity index (χ4v) is 3.92. The first-order valence-electron chi connectivity index (χ1n) is 13.2. The smallest absolute Gasteiger partial charge is 0.142 e. The van der Waals surface area contributed by atoms with Gasteiger partial charge >= 0.3 is 0 Å². The second-order valence-corrected chi connectivity index (χ2v) is 9.06. The maximum atomic E-state index is 8.54. The molecule has 2 heteroatoms. The highest BCUT2D eigenvalue weighted by Crippen LogP contribution is 2.35. The van der Waals surface area contributed by atoms with Crippen LogP contribution in [0.15, 0.2) is 77.2 Å². The highest BCUT2D eigenvalue weighted by molar-refractivity contribution is 6.08. The topological polar surface area (TPSA) is 37.0 Å². The SMILES string of the molecule is [2H]C([2H])([2H])c1ccc2c(c1)oc1c(/C(C)=C/C(=C\C=N)c3ccc(C([2H])([2H])C(C)(C)C)cc3)cccc12. The van der Waals surface area contributed by atoms with E-state index in [0.29, 0.717) is 16.7 Å². The Morgan fingerprint density at radius 3 is 2.53 bits per heavy atom. The van der Waals surface area contributed by atoms with E-state index < -0.39 is 18.6 Å². The standard InChI is InChI=1S/C30H31NO/c1-20-9-14-26-27-8-6-7-25(29(27)32-28(26)17-20)21(2)18-24(15-16-31)23-12-10-22(11-13-23)19-30(3,4)5/h6-18,31H,19H2,1-5H3/b21-18+,24-15+,31-16?/i1D3,19D2. The van der Waals surface area contributed by atoms with E-state index in [1.54, 1.807) is 24.3 Å². The number of nitrogens with one attached hydrogen (secondary N) is 1. The van der Waals surface area contributed by atoms with E-state index in [0.717, 1.165) is 33.0 Å². The summed E-state index contributed by atoms with van der Waals surface area (Å²) in [6, 6.07) is 18.3. The van der Waals surface area contributed by atoms with Crippen LogP contribution in [0.3, 0.4) is 0 Å². The Labute approximate surface area is 197 Å². The van der Waals surface area contributed by atoms with E-state index in [1.807, 2.05) is 76.2 Å². The maximum absolute atomic E-state index is 8.54. The van der Waals surface area contributed by atoms with Crippen LogP contribution in [0.25, 0.3) is 33.1 Å². The lowest BCUT2D eigenvalue weighted by atomic mass is 9.87. The lowest BCUT2D eigenvalue weighted by Gasteiger charge is -2.18. The first-order valence-corrected chi connectivity index (χ1v) is 10.7. The van der Waals surface area contributed by atoms with Gasteiger partial charge in [-0.25, -0.2) is 0 Å². The summed E-state index contributed by atoms with van der Waals surface area (Å²) >= 11 is 0. The van der Waals surface area contributed by atoms with E-state index in [2.05, 4.69) is 0 Å². The monoisotopic (exact) mass is 426 g/mol. The minimum atomic E-state index is -2.21. The highest BCUT2D eigenvalue weighted by atomic mass is 16.3. The van der Waals surface area contributed by atoms with E-state index in [4.69, 9.17) is 16.7 Å². The predicted molar refractivity (Wildman–Crippen MR) is 138 cm³/mol. The molecule has 4 rings (SSSR count). The number of aryl methyl sites for hydroxylation is 1. The van der Waals surface area contributed by atoms with Crippen molar-refractivity contribution in [1.82, 2.24) is 0 Å². The van der Waals surface area contributed by atoms with Crippen molar-refractivity contribution in [2.75, 3.05) is 0 Å². The van der Waals surface area contributed by atoms with Crippen LogP contribution >= 0.6 is 0 Å². The fourth-order valence-electron chi connectivity index (χ4n) is 3.92. The minimum absolute atomic E-state index is 0.239. The van der Waals surface area contributed by atoms with Gasteiger partial charge in [0.1, 0.15) is 11.2 Å². The molecule has 0 saturated carbocycles. The van der Waals surface area contributed by atoms with Crippen molar-refractivity contribution in [2.45, 2.75) is 40.9 Å². The summed E-state index contributed by atoms with van der Waals surface area (Å²) in [7, 11) is 0. The number of allylic oxidation sites excluding steroid dienone is 4. The molecule has 3 aromatic carbocycles. The molecule has 0 saturated heterocycles. The molecule has 2 nitrogen and oxygen atoms in total. The van der Waals surface area contributed by atoms with Gasteiger partial charge in [0.05, 0.1) is 0 Å².